The largest absolute Gasteiger partial charge is 0.497 e. The van der Waals surface area contributed by atoms with Gasteiger partial charge in [0.05, 0.1) is 7.11 Å². The van der Waals surface area contributed by atoms with Crippen LogP contribution in [0.15, 0.2) is 33.5 Å². The van der Waals surface area contributed by atoms with Crippen LogP contribution in [0.5, 0.6) is 5.75 Å². The predicted octanol–water partition coefficient (Wildman–Crippen LogP) is 2.28. The molecule has 1 amide bonds. The highest BCUT2D eigenvalue weighted by Crippen LogP contribution is 2.20. The lowest BCUT2D eigenvalue weighted by atomic mass is 10.1. The maximum Gasteiger partial charge on any atom is 0.349 e. The van der Waals surface area contributed by atoms with Crippen LogP contribution in [-0.4, -0.2) is 31.0 Å². The van der Waals surface area contributed by atoms with Crippen LogP contribution in [0.4, 0.5) is 0 Å². The van der Waals surface area contributed by atoms with E-state index < -0.39 is 5.63 Å². The van der Waals surface area contributed by atoms with Gasteiger partial charge < -0.3 is 14.1 Å². The molecular weight excluding hydrogens is 258 g/mol. The summed E-state index contributed by atoms with van der Waals surface area (Å²) in [7, 11) is 1.54. The van der Waals surface area contributed by atoms with Gasteiger partial charge in [-0.05, 0) is 32.0 Å². The molecule has 106 valence electrons. The van der Waals surface area contributed by atoms with Gasteiger partial charge in [0.1, 0.15) is 16.9 Å². The van der Waals surface area contributed by atoms with E-state index in [2.05, 4.69) is 0 Å². The first-order chi connectivity index (χ1) is 9.60. The normalized spacial score (nSPS) is 10.6. The second-order valence-electron chi connectivity index (χ2n) is 4.33. The monoisotopic (exact) mass is 275 g/mol. The van der Waals surface area contributed by atoms with Crippen molar-refractivity contribution >= 4 is 16.9 Å². The molecule has 0 fully saturated rings. The Kier molecular flexibility index (Phi) is 4.08. The summed E-state index contributed by atoms with van der Waals surface area (Å²) in [4.78, 5) is 25.8. The van der Waals surface area contributed by atoms with Crippen molar-refractivity contribution in [1.82, 2.24) is 4.90 Å². The van der Waals surface area contributed by atoms with Crippen LogP contribution in [0.1, 0.15) is 24.2 Å². The minimum absolute atomic E-state index is 0.0615. The topological polar surface area (TPSA) is 59.8 Å². The molecule has 1 aromatic heterocycles. The van der Waals surface area contributed by atoms with Crippen molar-refractivity contribution in [2.24, 2.45) is 0 Å². The molecule has 0 saturated carbocycles. The Morgan fingerprint density at radius 3 is 2.55 bits per heavy atom. The number of hydrogen-bond donors (Lipinski definition) is 0. The zero-order valence-electron chi connectivity index (χ0n) is 11.8. The van der Waals surface area contributed by atoms with Crippen molar-refractivity contribution in [3.8, 4) is 5.75 Å². The predicted molar refractivity (Wildman–Crippen MR) is 76.3 cm³/mol. The highest BCUT2D eigenvalue weighted by Gasteiger charge is 2.18. The standard InChI is InChI=1S/C15H17NO4/c1-4-16(5-2)14(17)12-8-10-6-7-11(19-3)9-13(10)20-15(12)18/h6-9H,4-5H2,1-3H3. The highest BCUT2D eigenvalue weighted by molar-refractivity contribution is 5.96. The zero-order valence-corrected chi connectivity index (χ0v) is 11.8. The average Bonchev–Trinajstić information content (AvgIpc) is 2.47. The quantitative estimate of drug-likeness (QED) is 0.803. The Morgan fingerprint density at radius 1 is 1.25 bits per heavy atom. The maximum absolute atomic E-state index is 12.2. The summed E-state index contributed by atoms with van der Waals surface area (Å²) in [5.74, 6) is 0.296. The SMILES string of the molecule is CCN(CC)C(=O)c1cc2ccc(OC)cc2oc1=O. The summed E-state index contributed by atoms with van der Waals surface area (Å²) in [5, 5.41) is 0.695. The molecule has 0 aliphatic carbocycles. The van der Waals surface area contributed by atoms with Gasteiger partial charge in [0.2, 0.25) is 0 Å². The number of amides is 1. The van der Waals surface area contributed by atoms with E-state index in [1.54, 1.807) is 29.2 Å². The number of fused-ring (bicyclic) bond motifs is 1. The highest BCUT2D eigenvalue weighted by atomic mass is 16.5. The molecule has 0 unspecified atom stereocenters. The van der Waals surface area contributed by atoms with E-state index in [1.165, 1.54) is 7.11 Å². The Morgan fingerprint density at radius 2 is 1.95 bits per heavy atom. The number of carbonyl (C=O) groups excluding carboxylic acids is 1. The van der Waals surface area contributed by atoms with Gasteiger partial charge in [0.25, 0.3) is 5.91 Å². The molecule has 0 radical (unpaired) electrons. The molecule has 20 heavy (non-hydrogen) atoms. The Balaban J connectivity index is 2.53. The third-order valence-corrected chi connectivity index (χ3v) is 3.22. The lowest BCUT2D eigenvalue weighted by Crippen LogP contribution is -2.33. The number of methoxy groups -OCH3 is 1. The fourth-order valence-electron chi connectivity index (χ4n) is 2.05. The molecule has 0 atom stereocenters. The second kappa shape index (κ2) is 5.77. The van der Waals surface area contributed by atoms with Crippen LogP contribution in [0.3, 0.4) is 0 Å². The lowest BCUT2D eigenvalue weighted by Gasteiger charge is -2.17. The van der Waals surface area contributed by atoms with Gasteiger partial charge in [-0.1, -0.05) is 0 Å². The molecular formula is C15H17NO4. The van der Waals surface area contributed by atoms with Crippen molar-refractivity contribution in [3.05, 3.63) is 40.2 Å². The number of ether oxygens (including phenoxy) is 1. The number of carbonyl (C=O) groups is 1. The molecule has 1 aromatic carbocycles. The van der Waals surface area contributed by atoms with Gasteiger partial charge >= 0.3 is 5.63 Å². The van der Waals surface area contributed by atoms with Gasteiger partial charge in [-0.15, -0.1) is 0 Å². The molecule has 2 aromatic rings. The van der Waals surface area contributed by atoms with Crippen LogP contribution >= 0.6 is 0 Å². The first kappa shape index (κ1) is 14.1. The summed E-state index contributed by atoms with van der Waals surface area (Å²) in [5.41, 5.74) is -0.153. The summed E-state index contributed by atoms with van der Waals surface area (Å²) in [6.07, 6.45) is 0. The maximum atomic E-state index is 12.2. The first-order valence-corrected chi connectivity index (χ1v) is 6.51. The molecule has 0 aliphatic heterocycles. The van der Waals surface area contributed by atoms with Crippen LogP contribution in [0, 0.1) is 0 Å². The van der Waals surface area contributed by atoms with Crippen LogP contribution in [-0.2, 0) is 0 Å². The number of benzene rings is 1. The summed E-state index contributed by atoms with van der Waals surface area (Å²) < 4.78 is 10.3. The van der Waals surface area contributed by atoms with E-state index in [-0.39, 0.29) is 11.5 Å². The Hall–Kier alpha value is -2.30. The van der Waals surface area contributed by atoms with Gasteiger partial charge in [-0.25, -0.2) is 4.79 Å². The molecule has 5 heteroatoms. The zero-order chi connectivity index (χ0) is 14.7. The van der Waals surface area contributed by atoms with Gasteiger partial charge in [-0.2, -0.15) is 0 Å². The molecule has 5 nitrogen and oxygen atoms in total. The lowest BCUT2D eigenvalue weighted by molar-refractivity contribution is 0.0769. The summed E-state index contributed by atoms with van der Waals surface area (Å²) in [6, 6.07) is 6.72. The van der Waals surface area contributed by atoms with E-state index in [1.807, 2.05) is 13.8 Å². The van der Waals surface area contributed by atoms with E-state index in [4.69, 9.17) is 9.15 Å². The summed E-state index contributed by atoms with van der Waals surface area (Å²) >= 11 is 0. The van der Waals surface area contributed by atoms with Crippen molar-refractivity contribution in [3.63, 3.8) is 0 Å². The number of rotatable bonds is 4. The fraction of sp³-hybridized carbons (Fsp3) is 0.333. The fourth-order valence-corrected chi connectivity index (χ4v) is 2.05. The first-order valence-electron chi connectivity index (χ1n) is 6.51. The van der Waals surface area contributed by atoms with Gasteiger partial charge in [-0.3, -0.25) is 4.79 Å². The molecule has 0 spiro atoms. The van der Waals surface area contributed by atoms with Crippen LogP contribution in [0.2, 0.25) is 0 Å². The summed E-state index contributed by atoms with van der Waals surface area (Å²) in [6.45, 7) is 4.84. The van der Waals surface area contributed by atoms with Crippen molar-refractivity contribution in [2.45, 2.75) is 13.8 Å². The molecule has 0 saturated heterocycles. The minimum Gasteiger partial charge on any atom is -0.497 e. The van der Waals surface area contributed by atoms with Gasteiger partial charge in [0.15, 0.2) is 0 Å². The third kappa shape index (κ3) is 2.52. The Bertz CT molecular complexity index is 686. The number of nitrogens with zero attached hydrogens (tertiary/aromatic N) is 1. The Labute approximate surface area is 116 Å². The molecule has 1 heterocycles. The minimum atomic E-state index is -0.623. The van der Waals surface area contributed by atoms with E-state index in [0.717, 1.165) is 0 Å². The van der Waals surface area contributed by atoms with Crippen molar-refractivity contribution < 1.29 is 13.9 Å². The molecule has 0 N–H and O–H groups in total. The van der Waals surface area contributed by atoms with E-state index in [0.29, 0.717) is 29.8 Å². The van der Waals surface area contributed by atoms with Crippen molar-refractivity contribution in [2.75, 3.05) is 20.2 Å². The van der Waals surface area contributed by atoms with Crippen molar-refractivity contribution in [1.29, 1.82) is 0 Å². The van der Waals surface area contributed by atoms with E-state index >= 15 is 0 Å². The molecule has 0 bridgehead atoms. The second-order valence-corrected chi connectivity index (χ2v) is 4.33. The molecule has 0 aliphatic rings. The average molecular weight is 275 g/mol. The smallest absolute Gasteiger partial charge is 0.349 e. The van der Waals surface area contributed by atoms with Crippen LogP contribution < -0.4 is 10.4 Å². The molecule has 2 rings (SSSR count). The third-order valence-electron chi connectivity index (χ3n) is 3.22. The van der Waals surface area contributed by atoms with E-state index in [9.17, 15) is 9.59 Å². The van der Waals surface area contributed by atoms with Crippen LogP contribution in [0.25, 0.3) is 11.0 Å². The van der Waals surface area contributed by atoms with Gasteiger partial charge in [0, 0.05) is 24.5 Å². The number of hydrogen-bond acceptors (Lipinski definition) is 4.